The first-order valence-corrected chi connectivity index (χ1v) is 8.03. The molecule has 0 fully saturated rings. The zero-order chi connectivity index (χ0) is 16.6. The van der Waals surface area contributed by atoms with Crippen molar-refractivity contribution in [3.63, 3.8) is 0 Å². The van der Waals surface area contributed by atoms with Crippen LogP contribution in [0.2, 0.25) is 5.28 Å². The van der Waals surface area contributed by atoms with E-state index in [4.69, 9.17) is 11.6 Å². The molecule has 0 aliphatic rings. The average Bonchev–Trinajstić information content (AvgIpc) is 2.55. The maximum absolute atomic E-state index is 12.7. The van der Waals surface area contributed by atoms with Crippen molar-refractivity contribution < 1.29 is 9.53 Å². The molecule has 0 saturated heterocycles. The summed E-state index contributed by atoms with van der Waals surface area (Å²) in [6.07, 6.45) is 0. The van der Waals surface area contributed by atoms with Gasteiger partial charge in [-0.1, -0.05) is 0 Å². The fraction of sp³-hybridized carbons (Fsp3) is 0.0625. The van der Waals surface area contributed by atoms with Crippen molar-refractivity contribution in [3.05, 3.63) is 67.2 Å². The van der Waals surface area contributed by atoms with Crippen molar-refractivity contribution in [2.24, 2.45) is 0 Å². The molecule has 0 aliphatic carbocycles. The van der Waals surface area contributed by atoms with Crippen LogP contribution in [-0.2, 0) is 4.74 Å². The molecule has 0 spiro atoms. The summed E-state index contributed by atoms with van der Waals surface area (Å²) in [6, 6.07) is 11.8. The Morgan fingerprint density at radius 2 is 1.91 bits per heavy atom. The second-order valence-electron chi connectivity index (χ2n) is 4.72. The Morgan fingerprint density at radius 3 is 2.57 bits per heavy atom. The molecule has 0 bridgehead atoms. The second kappa shape index (κ2) is 6.29. The smallest absolute Gasteiger partial charge is 0.337 e. The first-order chi connectivity index (χ1) is 11.0. The Kier molecular flexibility index (Phi) is 4.36. The number of rotatable bonds is 2. The summed E-state index contributed by atoms with van der Waals surface area (Å²) >= 11 is 8.31. The van der Waals surface area contributed by atoms with E-state index in [1.165, 1.54) is 11.7 Å². The highest BCUT2D eigenvalue weighted by Gasteiger charge is 2.12. The van der Waals surface area contributed by atoms with Crippen molar-refractivity contribution in [1.82, 2.24) is 9.55 Å². The number of nitrogens with zero attached hydrogens (tertiary/aromatic N) is 2. The van der Waals surface area contributed by atoms with E-state index in [-0.39, 0.29) is 10.8 Å². The molecule has 0 N–H and O–H groups in total. The van der Waals surface area contributed by atoms with Crippen molar-refractivity contribution in [2.75, 3.05) is 7.11 Å². The molecule has 1 heterocycles. The van der Waals surface area contributed by atoms with Gasteiger partial charge in [-0.25, -0.2) is 9.78 Å². The van der Waals surface area contributed by atoms with Gasteiger partial charge in [-0.2, -0.15) is 0 Å². The van der Waals surface area contributed by atoms with E-state index in [0.717, 1.165) is 3.57 Å². The molecule has 0 aliphatic heterocycles. The third kappa shape index (κ3) is 2.96. The number of fused-ring (bicyclic) bond motifs is 1. The van der Waals surface area contributed by atoms with Crippen LogP contribution in [0.3, 0.4) is 0 Å². The second-order valence-corrected chi connectivity index (χ2v) is 6.31. The number of carbonyl (C=O) groups is 1. The molecular formula is C16H10ClIN2O3. The van der Waals surface area contributed by atoms with E-state index >= 15 is 0 Å². The molecular weight excluding hydrogens is 431 g/mol. The monoisotopic (exact) mass is 440 g/mol. The van der Waals surface area contributed by atoms with Crippen molar-refractivity contribution in [3.8, 4) is 5.69 Å². The van der Waals surface area contributed by atoms with Crippen LogP contribution in [0.15, 0.2) is 47.3 Å². The Hall–Kier alpha value is -1.93. The lowest BCUT2D eigenvalue weighted by Crippen LogP contribution is -2.20. The molecule has 1 aromatic heterocycles. The third-order valence-corrected chi connectivity index (χ3v) is 4.26. The third-order valence-electron chi connectivity index (χ3n) is 3.34. The van der Waals surface area contributed by atoms with E-state index in [9.17, 15) is 9.59 Å². The summed E-state index contributed by atoms with van der Waals surface area (Å²) < 4.78 is 6.89. The van der Waals surface area contributed by atoms with Crippen LogP contribution >= 0.6 is 34.2 Å². The number of hydrogen-bond acceptors (Lipinski definition) is 4. The molecule has 0 saturated carbocycles. The molecule has 3 aromatic rings. The molecule has 3 rings (SSSR count). The molecule has 0 radical (unpaired) electrons. The van der Waals surface area contributed by atoms with Crippen LogP contribution < -0.4 is 5.56 Å². The molecule has 5 nitrogen and oxygen atoms in total. The van der Waals surface area contributed by atoms with Gasteiger partial charge >= 0.3 is 5.97 Å². The molecule has 23 heavy (non-hydrogen) atoms. The Balaban J connectivity index is 2.19. The topological polar surface area (TPSA) is 61.2 Å². The van der Waals surface area contributed by atoms with Crippen LogP contribution in [0.5, 0.6) is 0 Å². The number of ether oxygens (including phenoxy) is 1. The minimum absolute atomic E-state index is 0.0644. The van der Waals surface area contributed by atoms with E-state index in [0.29, 0.717) is 22.2 Å². The van der Waals surface area contributed by atoms with Gasteiger partial charge in [0, 0.05) is 3.57 Å². The van der Waals surface area contributed by atoms with E-state index in [1.54, 1.807) is 36.4 Å². The first kappa shape index (κ1) is 15.9. The average molecular weight is 441 g/mol. The minimum atomic E-state index is -0.443. The lowest BCUT2D eigenvalue weighted by Gasteiger charge is -2.10. The highest BCUT2D eigenvalue weighted by atomic mass is 127. The number of halogens is 2. The molecule has 2 aromatic carbocycles. The number of esters is 1. The van der Waals surface area contributed by atoms with Gasteiger partial charge in [-0.3, -0.25) is 9.36 Å². The van der Waals surface area contributed by atoms with Gasteiger partial charge in [0.25, 0.3) is 5.56 Å². The van der Waals surface area contributed by atoms with E-state index < -0.39 is 5.97 Å². The first-order valence-electron chi connectivity index (χ1n) is 6.58. The predicted octanol–water partition coefficient (Wildman–Crippen LogP) is 3.43. The van der Waals surface area contributed by atoms with Gasteiger partial charge in [-0.15, -0.1) is 0 Å². The number of hydrogen-bond donors (Lipinski definition) is 0. The molecule has 0 amide bonds. The summed E-state index contributed by atoms with van der Waals surface area (Å²) in [5.41, 5.74) is 1.21. The summed E-state index contributed by atoms with van der Waals surface area (Å²) in [6.45, 7) is 0. The van der Waals surface area contributed by atoms with Gasteiger partial charge in [0.05, 0.1) is 29.3 Å². The Bertz CT molecular complexity index is 967. The molecule has 0 unspecified atom stereocenters. The SMILES string of the molecule is COC(=O)c1ccc(-n2c(Cl)nc3ccc(I)cc3c2=O)cc1. The maximum Gasteiger partial charge on any atom is 0.337 e. The van der Waals surface area contributed by atoms with Gasteiger partial charge in [0.15, 0.2) is 0 Å². The van der Waals surface area contributed by atoms with Gasteiger partial charge in [0.1, 0.15) is 0 Å². The van der Waals surface area contributed by atoms with E-state index in [1.807, 2.05) is 6.07 Å². The van der Waals surface area contributed by atoms with Crippen molar-refractivity contribution in [1.29, 1.82) is 0 Å². The lowest BCUT2D eigenvalue weighted by atomic mass is 10.2. The zero-order valence-electron chi connectivity index (χ0n) is 11.9. The van der Waals surface area contributed by atoms with Crippen LogP contribution in [-0.4, -0.2) is 22.6 Å². The highest BCUT2D eigenvalue weighted by molar-refractivity contribution is 14.1. The van der Waals surface area contributed by atoms with Crippen molar-refractivity contribution in [2.45, 2.75) is 0 Å². The van der Waals surface area contributed by atoms with Crippen LogP contribution in [0, 0.1) is 3.57 Å². The normalized spacial score (nSPS) is 10.7. The quantitative estimate of drug-likeness (QED) is 0.348. The standard InChI is InChI=1S/C16H10ClIN2O3/c1-23-15(22)9-2-5-11(6-3-9)20-14(21)12-8-10(18)4-7-13(12)19-16(20)17/h2-8H,1H3. The largest absolute Gasteiger partial charge is 0.465 e. The summed E-state index contributed by atoms with van der Waals surface area (Å²) in [5, 5.41) is 0.549. The van der Waals surface area contributed by atoms with Crippen molar-refractivity contribution >= 4 is 51.1 Å². The number of carbonyl (C=O) groups excluding carboxylic acids is 1. The van der Waals surface area contributed by atoms with Gasteiger partial charge < -0.3 is 4.74 Å². The number of methoxy groups -OCH3 is 1. The van der Waals surface area contributed by atoms with Crippen LogP contribution in [0.25, 0.3) is 16.6 Å². The molecule has 116 valence electrons. The number of benzene rings is 2. The molecule has 7 heteroatoms. The van der Waals surface area contributed by atoms with Crippen LogP contribution in [0.4, 0.5) is 0 Å². The predicted molar refractivity (Wildman–Crippen MR) is 96.4 cm³/mol. The zero-order valence-corrected chi connectivity index (χ0v) is 14.8. The number of aromatic nitrogens is 2. The van der Waals surface area contributed by atoms with Crippen LogP contribution in [0.1, 0.15) is 10.4 Å². The summed E-state index contributed by atoms with van der Waals surface area (Å²) in [4.78, 5) is 28.5. The van der Waals surface area contributed by atoms with Gasteiger partial charge in [-0.05, 0) is 76.7 Å². The fourth-order valence-electron chi connectivity index (χ4n) is 2.22. The molecule has 0 atom stereocenters. The Morgan fingerprint density at radius 1 is 1.22 bits per heavy atom. The minimum Gasteiger partial charge on any atom is -0.465 e. The maximum atomic E-state index is 12.7. The highest BCUT2D eigenvalue weighted by Crippen LogP contribution is 2.18. The van der Waals surface area contributed by atoms with Gasteiger partial charge in [0.2, 0.25) is 5.28 Å². The summed E-state index contributed by atoms with van der Waals surface area (Å²) in [5.74, 6) is -0.443. The Labute approximate surface area is 150 Å². The fourth-order valence-corrected chi connectivity index (χ4v) is 2.98. The summed E-state index contributed by atoms with van der Waals surface area (Å²) in [7, 11) is 1.31. The lowest BCUT2D eigenvalue weighted by molar-refractivity contribution is 0.0601. The van der Waals surface area contributed by atoms with E-state index in [2.05, 4.69) is 32.3 Å².